The summed E-state index contributed by atoms with van der Waals surface area (Å²) in [5.41, 5.74) is 1.54. The largest absolute Gasteiger partial charge is 0.490 e. The molecule has 0 atom stereocenters. The molecule has 2 aromatic carbocycles. The van der Waals surface area contributed by atoms with Crippen LogP contribution in [0.5, 0.6) is 5.75 Å². The summed E-state index contributed by atoms with van der Waals surface area (Å²) < 4.78 is 11.2. The van der Waals surface area contributed by atoms with Gasteiger partial charge >= 0.3 is 0 Å². The Kier molecular flexibility index (Phi) is 7.17. The Morgan fingerprint density at radius 3 is 2.50 bits per heavy atom. The Morgan fingerprint density at radius 1 is 1.08 bits per heavy atom. The van der Waals surface area contributed by atoms with Crippen molar-refractivity contribution < 1.29 is 19.1 Å². The highest BCUT2D eigenvalue weighted by Gasteiger charge is 2.12. The first-order chi connectivity index (χ1) is 12.4. The Bertz CT molecular complexity index is 793. The average molecular weight is 421 g/mol. The van der Waals surface area contributed by atoms with Gasteiger partial charge in [-0.25, -0.2) is 0 Å². The van der Waals surface area contributed by atoms with Gasteiger partial charge in [-0.2, -0.15) is 0 Å². The molecule has 0 aliphatic rings. The molecule has 2 amide bonds. The van der Waals surface area contributed by atoms with E-state index in [1.807, 2.05) is 0 Å². The predicted molar refractivity (Wildman–Crippen MR) is 104 cm³/mol. The maximum atomic E-state index is 12.5. The Balaban J connectivity index is 2.09. The van der Waals surface area contributed by atoms with Crippen LogP contribution in [0.1, 0.15) is 20.7 Å². The van der Waals surface area contributed by atoms with Gasteiger partial charge in [-0.15, -0.1) is 0 Å². The van der Waals surface area contributed by atoms with Crippen LogP contribution in [0.3, 0.4) is 0 Å². The van der Waals surface area contributed by atoms with Gasteiger partial charge in [0.2, 0.25) is 0 Å². The number of ether oxygens (including phenoxy) is 2. The first kappa shape index (κ1) is 19.9. The number of amides is 2. The molecule has 2 rings (SSSR count). The van der Waals surface area contributed by atoms with Crippen LogP contribution in [-0.2, 0) is 4.74 Å². The molecule has 26 heavy (non-hydrogen) atoms. The topological polar surface area (TPSA) is 67.9 Å². The van der Waals surface area contributed by atoms with Gasteiger partial charge in [-0.3, -0.25) is 9.59 Å². The summed E-state index contributed by atoms with van der Waals surface area (Å²) in [7, 11) is 4.97. The molecule has 0 unspecified atom stereocenters. The summed E-state index contributed by atoms with van der Waals surface area (Å²) in [6, 6.07) is 11.9. The van der Waals surface area contributed by atoms with Crippen LogP contribution >= 0.6 is 15.9 Å². The Labute approximate surface area is 161 Å². The zero-order valence-electron chi connectivity index (χ0n) is 14.9. The highest BCUT2D eigenvalue weighted by molar-refractivity contribution is 9.10. The fraction of sp³-hybridized carbons (Fsp3) is 0.263. The highest BCUT2D eigenvalue weighted by atomic mass is 79.9. The van der Waals surface area contributed by atoms with Gasteiger partial charge in [-0.05, 0) is 52.3 Å². The lowest BCUT2D eigenvalue weighted by molar-refractivity contribution is 0.0827. The molecule has 0 fully saturated rings. The van der Waals surface area contributed by atoms with Gasteiger partial charge in [0.15, 0.2) is 0 Å². The first-order valence-corrected chi connectivity index (χ1v) is 8.76. The molecule has 0 spiro atoms. The van der Waals surface area contributed by atoms with E-state index >= 15 is 0 Å². The van der Waals surface area contributed by atoms with Crippen molar-refractivity contribution in [2.24, 2.45) is 0 Å². The molecule has 0 saturated heterocycles. The number of halogens is 1. The Hall–Kier alpha value is -2.38. The molecule has 0 saturated carbocycles. The van der Waals surface area contributed by atoms with Crippen LogP contribution in [0.2, 0.25) is 0 Å². The minimum atomic E-state index is -0.274. The molecule has 0 aliphatic carbocycles. The second kappa shape index (κ2) is 9.35. The third-order valence-corrected chi connectivity index (χ3v) is 4.13. The molecular weight excluding hydrogens is 400 g/mol. The molecule has 7 heteroatoms. The number of rotatable bonds is 7. The van der Waals surface area contributed by atoms with Crippen molar-refractivity contribution in [1.82, 2.24) is 4.90 Å². The summed E-state index contributed by atoms with van der Waals surface area (Å²) in [5, 5.41) is 2.80. The quantitative estimate of drug-likeness (QED) is 0.696. The number of nitrogens with zero attached hydrogens (tertiary/aromatic N) is 1. The zero-order chi connectivity index (χ0) is 19.1. The maximum absolute atomic E-state index is 12.5. The van der Waals surface area contributed by atoms with E-state index in [4.69, 9.17) is 9.47 Å². The van der Waals surface area contributed by atoms with E-state index in [1.54, 1.807) is 63.7 Å². The van der Waals surface area contributed by atoms with Gasteiger partial charge in [-0.1, -0.05) is 6.07 Å². The zero-order valence-corrected chi connectivity index (χ0v) is 16.5. The van der Waals surface area contributed by atoms with E-state index < -0.39 is 0 Å². The third-order valence-electron chi connectivity index (χ3n) is 3.51. The van der Waals surface area contributed by atoms with Crippen molar-refractivity contribution in [2.75, 3.05) is 39.7 Å². The van der Waals surface area contributed by atoms with Crippen molar-refractivity contribution in [3.63, 3.8) is 0 Å². The minimum Gasteiger partial charge on any atom is -0.490 e. The van der Waals surface area contributed by atoms with Crippen LogP contribution in [0.4, 0.5) is 5.69 Å². The summed E-state index contributed by atoms with van der Waals surface area (Å²) in [6.45, 7) is 0.907. The SMILES string of the molecule is COCCOc1ccc(C(=O)Nc2cccc(C(=O)N(C)C)c2)cc1Br. The standard InChI is InChI=1S/C19H21BrN2O4/c1-22(2)19(24)14-5-4-6-15(11-14)21-18(23)13-7-8-17(16(20)12-13)26-10-9-25-3/h4-8,11-12H,9-10H2,1-3H3,(H,21,23). The van der Waals surface area contributed by atoms with E-state index in [0.29, 0.717) is 40.3 Å². The van der Waals surface area contributed by atoms with Crippen molar-refractivity contribution in [1.29, 1.82) is 0 Å². The summed E-state index contributed by atoms with van der Waals surface area (Å²) in [6.07, 6.45) is 0. The smallest absolute Gasteiger partial charge is 0.255 e. The lowest BCUT2D eigenvalue weighted by Gasteiger charge is -2.12. The van der Waals surface area contributed by atoms with Crippen LogP contribution in [-0.4, -0.2) is 51.1 Å². The van der Waals surface area contributed by atoms with E-state index in [-0.39, 0.29) is 11.8 Å². The van der Waals surface area contributed by atoms with Gasteiger partial charge in [0.25, 0.3) is 11.8 Å². The van der Waals surface area contributed by atoms with E-state index in [0.717, 1.165) is 0 Å². The van der Waals surface area contributed by atoms with E-state index in [1.165, 1.54) is 4.90 Å². The van der Waals surface area contributed by atoms with Crippen LogP contribution in [0.25, 0.3) is 0 Å². The predicted octanol–water partition coefficient (Wildman–Crippen LogP) is 3.43. The average Bonchev–Trinajstić information content (AvgIpc) is 2.62. The molecule has 0 aliphatic heterocycles. The summed E-state index contributed by atoms with van der Waals surface area (Å²) >= 11 is 3.40. The number of nitrogens with one attached hydrogen (secondary N) is 1. The number of methoxy groups -OCH3 is 1. The van der Waals surface area contributed by atoms with Crippen LogP contribution < -0.4 is 10.1 Å². The second-order valence-electron chi connectivity index (χ2n) is 5.72. The van der Waals surface area contributed by atoms with Crippen LogP contribution in [0, 0.1) is 0 Å². The second-order valence-corrected chi connectivity index (χ2v) is 6.58. The molecule has 0 heterocycles. The maximum Gasteiger partial charge on any atom is 0.255 e. The number of benzene rings is 2. The molecule has 1 N–H and O–H groups in total. The first-order valence-electron chi connectivity index (χ1n) is 7.96. The monoisotopic (exact) mass is 420 g/mol. The van der Waals surface area contributed by atoms with Crippen molar-refractivity contribution in [3.05, 3.63) is 58.1 Å². The van der Waals surface area contributed by atoms with E-state index in [9.17, 15) is 9.59 Å². The molecule has 0 radical (unpaired) electrons. The van der Waals surface area contributed by atoms with Gasteiger partial charge < -0.3 is 19.7 Å². The van der Waals surface area contributed by atoms with Gasteiger partial charge in [0.1, 0.15) is 12.4 Å². The lowest BCUT2D eigenvalue weighted by atomic mass is 10.1. The molecule has 138 valence electrons. The third kappa shape index (κ3) is 5.31. The van der Waals surface area contributed by atoms with Gasteiger partial charge in [0, 0.05) is 38.0 Å². The number of carbonyl (C=O) groups is 2. The fourth-order valence-corrected chi connectivity index (χ4v) is 2.68. The molecule has 0 aromatic heterocycles. The minimum absolute atomic E-state index is 0.124. The van der Waals surface area contributed by atoms with Gasteiger partial charge in [0.05, 0.1) is 11.1 Å². The summed E-state index contributed by atoms with van der Waals surface area (Å²) in [4.78, 5) is 26.0. The summed E-state index contributed by atoms with van der Waals surface area (Å²) in [5.74, 6) is 0.238. The number of anilines is 1. The molecule has 2 aromatic rings. The Morgan fingerprint density at radius 2 is 1.85 bits per heavy atom. The van der Waals surface area contributed by atoms with Crippen LogP contribution in [0.15, 0.2) is 46.9 Å². The van der Waals surface area contributed by atoms with E-state index in [2.05, 4.69) is 21.2 Å². The molecule has 0 bridgehead atoms. The molecular formula is C19H21BrN2O4. The van der Waals surface area contributed by atoms with Crippen molar-refractivity contribution in [2.45, 2.75) is 0 Å². The van der Waals surface area contributed by atoms with Crippen molar-refractivity contribution >= 4 is 33.4 Å². The lowest BCUT2D eigenvalue weighted by Crippen LogP contribution is -2.22. The number of hydrogen-bond donors (Lipinski definition) is 1. The normalized spacial score (nSPS) is 10.3. The number of carbonyl (C=O) groups excluding carboxylic acids is 2. The number of hydrogen-bond acceptors (Lipinski definition) is 4. The molecule has 6 nitrogen and oxygen atoms in total. The fourth-order valence-electron chi connectivity index (χ4n) is 2.19. The van der Waals surface area contributed by atoms with Crippen molar-refractivity contribution in [3.8, 4) is 5.75 Å². The highest BCUT2D eigenvalue weighted by Crippen LogP contribution is 2.26.